The summed E-state index contributed by atoms with van der Waals surface area (Å²) in [5.74, 6) is -1.16. The van der Waals surface area contributed by atoms with Gasteiger partial charge in [0.2, 0.25) is 0 Å². The maximum absolute atomic E-state index is 12.9. The van der Waals surface area contributed by atoms with Gasteiger partial charge < -0.3 is 14.7 Å². The molecule has 1 aliphatic heterocycles. The fourth-order valence-corrected chi connectivity index (χ4v) is 3.43. The second-order valence-electron chi connectivity index (χ2n) is 6.27. The van der Waals surface area contributed by atoms with Crippen LogP contribution in [0.4, 0.5) is 0 Å². The Hall–Kier alpha value is -1.95. The Kier molecular flexibility index (Phi) is 4.91. The lowest BCUT2D eigenvalue weighted by molar-refractivity contribution is 0.0420. The average Bonchev–Trinajstić information content (AvgIpc) is 3.25. The van der Waals surface area contributed by atoms with Crippen molar-refractivity contribution in [3.05, 3.63) is 29.6 Å². The van der Waals surface area contributed by atoms with E-state index in [0.717, 1.165) is 45.1 Å². The van der Waals surface area contributed by atoms with Crippen molar-refractivity contribution in [2.75, 3.05) is 13.2 Å². The van der Waals surface area contributed by atoms with Crippen molar-refractivity contribution in [2.45, 2.75) is 50.7 Å². The van der Waals surface area contributed by atoms with Crippen molar-refractivity contribution >= 4 is 11.9 Å². The van der Waals surface area contributed by atoms with Crippen LogP contribution in [-0.2, 0) is 4.74 Å². The van der Waals surface area contributed by atoms with E-state index in [1.807, 2.05) is 4.90 Å². The van der Waals surface area contributed by atoms with Crippen molar-refractivity contribution in [2.24, 2.45) is 0 Å². The number of ether oxygens (including phenoxy) is 1. The standard InChI is InChI=1S/C17H22N2O4/c20-16(12-7-8-15(17(21)22)18-10-12)19(13-4-1-2-5-13)11-14-6-3-9-23-14/h7-8,10,13-14H,1-6,9,11H2,(H,21,22). The van der Waals surface area contributed by atoms with Crippen molar-refractivity contribution in [3.63, 3.8) is 0 Å². The van der Waals surface area contributed by atoms with E-state index in [4.69, 9.17) is 9.84 Å². The zero-order valence-electron chi connectivity index (χ0n) is 13.1. The third-order valence-electron chi connectivity index (χ3n) is 4.68. The Labute approximate surface area is 135 Å². The minimum absolute atomic E-state index is 0.0481. The van der Waals surface area contributed by atoms with E-state index in [2.05, 4.69) is 4.98 Å². The lowest BCUT2D eigenvalue weighted by Gasteiger charge is -2.31. The van der Waals surface area contributed by atoms with Gasteiger partial charge in [-0.1, -0.05) is 12.8 Å². The highest BCUT2D eigenvalue weighted by molar-refractivity contribution is 5.95. The Morgan fingerprint density at radius 2 is 2.00 bits per heavy atom. The van der Waals surface area contributed by atoms with Gasteiger partial charge >= 0.3 is 5.97 Å². The lowest BCUT2D eigenvalue weighted by Crippen LogP contribution is -2.43. The van der Waals surface area contributed by atoms with Gasteiger partial charge in [-0.2, -0.15) is 0 Å². The smallest absolute Gasteiger partial charge is 0.354 e. The van der Waals surface area contributed by atoms with Gasteiger partial charge in [0.05, 0.1) is 11.7 Å². The monoisotopic (exact) mass is 318 g/mol. The van der Waals surface area contributed by atoms with E-state index in [9.17, 15) is 9.59 Å². The molecule has 2 aliphatic rings. The van der Waals surface area contributed by atoms with E-state index < -0.39 is 5.97 Å². The molecule has 1 atom stereocenters. The number of aromatic nitrogens is 1. The Morgan fingerprint density at radius 1 is 1.22 bits per heavy atom. The van der Waals surface area contributed by atoms with Crippen LogP contribution in [0.2, 0.25) is 0 Å². The van der Waals surface area contributed by atoms with Crippen molar-refractivity contribution < 1.29 is 19.4 Å². The highest BCUT2D eigenvalue weighted by atomic mass is 16.5. The van der Waals surface area contributed by atoms with Crippen LogP contribution in [0.1, 0.15) is 59.4 Å². The predicted molar refractivity (Wildman–Crippen MR) is 83.5 cm³/mol. The molecule has 6 heteroatoms. The van der Waals surface area contributed by atoms with Gasteiger partial charge in [-0.05, 0) is 37.8 Å². The van der Waals surface area contributed by atoms with Gasteiger partial charge in [0.1, 0.15) is 5.69 Å². The highest BCUT2D eigenvalue weighted by Gasteiger charge is 2.31. The van der Waals surface area contributed by atoms with Gasteiger partial charge in [0, 0.05) is 25.4 Å². The molecule has 1 aromatic rings. The SMILES string of the molecule is O=C(O)c1ccc(C(=O)N(CC2CCCO2)C2CCCC2)cn1. The zero-order chi connectivity index (χ0) is 16.2. The molecule has 3 rings (SSSR count). The number of pyridine rings is 1. The molecule has 2 fully saturated rings. The number of carboxylic acid groups (broad SMARTS) is 1. The summed E-state index contributed by atoms with van der Waals surface area (Å²) >= 11 is 0. The first-order valence-corrected chi connectivity index (χ1v) is 8.27. The molecule has 6 nitrogen and oxygen atoms in total. The summed E-state index contributed by atoms with van der Waals surface area (Å²) in [6, 6.07) is 3.19. The third kappa shape index (κ3) is 3.69. The number of hydrogen-bond acceptors (Lipinski definition) is 4. The lowest BCUT2D eigenvalue weighted by atomic mass is 10.1. The second-order valence-corrected chi connectivity index (χ2v) is 6.27. The maximum atomic E-state index is 12.9. The van der Waals surface area contributed by atoms with Gasteiger partial charge in [-0.25, -0.2) is 9.78 Å². The fourth-order valence-electron chi connectivity index (χ4n) is 3.43. The predicted octanol–water partition coefficient (Wildman–Crippen LogP) is 2.34. The molecule has 1 unspecified atom stereocenters. The first-order valence-electron chi connectivity index (χ1n) is 8.27. The Bertz CT molecular complexity index is 560. The summed E-state index contributed by atoms with van der Waals surface area (Å²) in [4.78, 5) is 29.5. The second kappa shape index (κ2) is 7.08. The number of carboxylic acids is 1. The molecular weight excluding hydrogens is 296 g/mol. The third-order valence-corrected chi connectivity index (χ3v) is 4.68. The molecule has 2 heterocycles. The molecule has 1 saturated heterocycles. The van der Waals surface area contributed by atoms with Gasteiger partial charge in [-0.3, -0.25) is 4.79 Å². The molecule has 1 saturated carbocycles. The van der Waals surface area contributed by atoms with Crippen molar-refractivity contribution in [1.82, 2.24) is 9.88 Å². The van der Waals surface area contributed by atoms with Crippen LogP contribution in [0.5, 0.6) is 0 Å². The van der Waals surface area contributed by atoms with Crippen LogP contribution in [0.3, 0.4) is 0 Å². The summed E-state index contributed by atoms with van der Waals surface area (Å²) in [5.41, 5.74) is 0.396. The quantitative estimate of drug-likeness (QED) is 0.901. The molecule has 1 aliphatic carbocycles. The normalized spacial score (nSPS) is 21.5. The van der Waals surface area contributed by atoms with Gasteiger partial charge in [0.15, 0.2) is 0 Å². The van der Waals surface area contributed by atoms with Crippen LogP contribution >= 0.6 is 0 Å². The van der Waals surface area contributed by atoms with Crippen molar-refractivity contribution in [3.8, 4) is 0 Å². The Morgan fingerprint density at radius 3 is 2.57 bits per heavy atom. The Balaban J connectivity index is 1.76. The molecule has 0 radical (unpaired) electrons. The van der Waals surface area contributed by atoms with Gasteiger partial charge in [-0.15, -0.1) is 0 Å². The van der Waals surface area contributed by atoms with E-state index in [0.29, 0.717) is 12.1 Å². The largest absolute Gasteiger partial charge is 0.477 e. The van der Waals surface area contributed by atoms with E-state index in [-0.39, 0.29) is 23.7 Å². The van der Waals surface area contributed by atoms with Crippen molar-refractivity contribution in [1.29, 1.82) is 0 Å². The summed E-state index contributed by atoms with van der Waals surface area (Å²) in [7, 11) is 0. The molecule has 0 spiro atoms. The van der Waals surface area contributed by atoms with Crippen LogP contribution in [-0.4, -0.2) is 52.2 Å². The summed E-state index contributed by atoms with van der Waals surface area (Å²) in [6.45, 7) is 1.39. The molecule has 0 bridgehead atoms. The molecular formula is C17H22N2O4. The maximum Gasteiger partial charge on any atom is 0.354 e. The first kappa shape index (κ1) is 15.9. The minimum atomic E-state index is -1.09. The molecule has 23 heavy (non-hydrogen) atoms. The number of amides is 1. The van der Waals surface area contributed by atoms with Gasteiger partial charge in [0.25, 0.3) is 5.91 Å². The number of rotatable bonds is 5. The van der Waals surface area contributed by atoms with Crippen LogP contribution < -0.4 is 0 Å². The molecule has 0 aromatic carbocycles. The summed E-state index contributed by atoms with van der Waals surface area (Å²) in [6.07, 6.45) is 7.87. The van der Waals surface area contributed by atoms with Crippen LogP contribution in [0.25, 0.3) is 0 Å². The highest BCUT2D eigenvalue weighted by Crippen LogP contribution is 2.26. The number of hydrogen-bond donors (Lipinski definition) is 1. The number of carbonyl (C=O) groups is 2. The topological polar surface area (TPSA) is 79.7 Å². The number of nitrogens with zero attached hydrogens (tertiary/aromatic N) is 2. The summed E-state index contributed by atoms with van der Waals surface area (Å²) in [5, 5.41) is 8.91. The molecule has 1 aromatic heterocycles. The first-order chi connectivity index (χ1) is 11.1. The zero-order valence-corrected chi connectivity index (χ0v) is 13.1. The van der Waals surface area contributed by atoms with E-state index >= 15 is 0 Å². The fraction of sp³-hybridized carbons (Fsp3) is 0.588. The molecule has 124 valence electrons. The molecule has 1 amide bonds. The summed E-state index contributed by atoms with van der Waals surface area (Å²) < 4.78 is 5.69. The number of aromatic carboxylic acids is 1. The van der Waals surface area contributed by atoms with Crippen LogP contribution in [0.15, 0.2) is 18.3 Å². The van der Waals surface area contributed by atoms with Crippen LogP contribution in [0, 0.1) is 0 Å². The minimum Gasteiger partial charge on any atom is -0.477 e. The van der Waals surface area contributed by atoms with E-state index in [1.54, 1.807) is 6.07 Å². The number of carbonyl (C=O) groups excluding carboxylic acids is 1. The van der Waals surface area contributed by atoms with E-state index in [1.165, 1.54) is 12.3 Å². The average molecular weight is 318 g/mol. The molecule has 1 N–H and O–H groups in total.